The zero-order valence-corrected chi connectivity index (χ0v) is 12.4. The third-order valence-electron chi connectivity index (χ3n) is 3.21. The van der Waals surface area contributed by atoms with Crippen LogP contribution in [0.2, 0.25) is 0 Å². The number of hydrogen-bond donors (Lipinski definition) is 1. The summed E-state index contributed by atoms with van der Waals surface area (Å²) in [4.78, 5) is 11.0. The van der Waals surface area contributed by atoms with E-state index in [4.69, 9.17) is 5.11 Å². The van der Waals surface area contributed by atoms with Gasteiger partial charge in [0, 0.05) is 5.57 Å². The lowest BCUT2D eigenvalue weighted by Gasteiger charge is -2.04. The number of rotatable bonds is 8. The third-order valence-corrected chi connectivity index (χ3v) is 3.21. The minimum Gasteiger partial charge on any atom is -0.478 e. The summed E-state index contributed by atoms with van der Waals surface area (Å²) in [5, 5.41) is 9.01. The Morgan fingerprint density at radius 3 is 2.45 bits per heavy atom. The lowest BCUT2D eigenvalue weighted by Crippen LogP contribution is -1.97. The Hall–Kier alpha value is -1.83. The van der Waals surface area contributed by atoms with Crippen LogP contribution in [0.3, 0.4) is 0 Å². The number of carboxylic acids is 1. The van der Waals surface area contributed by atoms with E-state index in [0.717, 1.165) is 24.0 Å². The molecule has 0 unspecified atom stereocenters. The maximum Gasteiger partial charge on any atom is 0.331 e. The van der Waals surface area contributed by atoms with Crippen LogP contribution in [0.5, 0.6) is 0 Å². The fourth-order valence-corrected chi connectivity index (χ4v) is 2.05. The van der Waals surface area contributed by atoms with E-state index in [2.05, 4.69) is 13.0 Å². The van der Waals surface area contributed by atoms with Crippen LogP contribution in [0.4, 0.5) is 0 Å². The van der Waals surface area contributed by atoms with Crippen LogP contribution in [-0.4, -0.2) is 11.1 Å². The van der Waals surface area contributed by atoms with Gasteiger partial charge >= 0.3 is 5.97 Å². The first-order valence-corrected chi connectivity index (χ1v) is 7.30. The maximum absolute atomic E-state index is 11.0. The highest BCUT2D eigenvalue weighted by atomic mass is 16.4. The van der Waals surface area contributed by atoms with Gasteiger partial charge < -0.3 is 5.11 Å². The molecule has 0 atom stereocenters. The molecule has 1 aromatic rings. The molecule has 2 nitrogen and oxygen atoms in total. The SMILES string of the molecule is CCCCCCC(=Cc1ccccc1)/C=C(\C)C(=O)O. The number of unbranched alkanes of at least 4 members (excludes halogenated alkanes) is 3. The van der Waals surface area contributed by atoms with Gasteiger partial charge in [-0.05, 0) is 37.0 Å². The summed E-state index contributed by atoms with van der Waals surface area (Å²) in [6.07, 6.45) is 9.56. The summed E-state index contributed by atoms with van der Waals surface area (Å²) in [6.45, 7) is 3.84. The Balaban J connectivity index is 2.81. The molecule has 0 aromatic heterocycles. The predicted molar refractivity (Wildman–Crippen MR) is 84.6 cm³/mol. The minimum atomic E-state index is -0.850. The van der Waals surface area contributed by atoms with E-state index in [1.807, 2.05) is 30.3 Å². The summed E-state index contributed by atoms with van der Waals surface area (Å²) in [5.74, 6) is -0.850. The second kappa shape index (κ2) is 9.13. The molecule has 0 aliphatic heterocycles. The smallest absolute Gasteiger partial charge is 0.331 e. The molecule has 0 aliphatic carbocycles. The van der Waals surface area contributed by atoms with Crippen LogP contribution in [0.25, 0.3) is 6.08 Å². The lowest BCUT2D eigenvalue weighted by atomic mass is 10.0. The van der Waals surface area contributed by atoms with E-state index in [1.54, 1.807) is 13.0 Å². The van der Waals surface area contributed by atoms with E-state index in [-0.39, 0.29) is 0 Å². The number of hydrogen-bond acceptors (Lipinski definition) is 1. The molecule has 0 fully saturated rings. The lowest BCUT2D eigenvalue weighted by molar-refractivity contribution is -0.132. The van der Waals surface area contributed by atoms with E-state index < -0.39 is 5.97 Å². The topological polar surface area (TPSA) is 37.3 Å². The maximum atomic E-state index is 11.0. The minimum absolute atomic E-state index is 0.391. The second-order valence-corrected chi connectivity index (χ2v) is 5.07. The van der Waals surface area contributed by atoms with Gasteiger partial charge in [-0.15, -0.1) is 0 Å². The molecule has 1 N–H and O–H groups in total. The first kappa shape index (κ1) is 16.2. The Kier molecular flexibility index (Phi) is 7.41. The summed E-state index contributed by atoms with van der Waals surface area (Å²) < 4.78 is 0. The molecule has 0 bridgehead atoms. The molecule has 0 radical (unpaired) electrons. The molecule has 0 aliphatic rings. The molecule has 20 heavy (non-hydrogen) atoms. The van der Waals surface area contributed by atoms with Gasteiger partial charge in [-0.2, -0.15) is 0 Å². The van der Waals surface area contributed by atoms with E-state index >= 15 is 0 Å². The van der Waals surface area contributed by atoms with Gasteiger partial charge in [-0.1, -0.05) is 62.6 Å². The molecule has 0 spiro atoms. The highest BCUT2D eigenvalue weighted by Crippen LogP contribution is 2.17. The van der Waals surface area contributed by atoms with Crippen molar-refractivity contribution in [3.8, 4) is 0 Å². The molecule has 1 aromatic carbocycles. The summed E-state index contributed by atoms with van der Waals surface area (Å²) in [7, 11) is 0. The first-order valence-electron chi connectivity index (χ1n) is 7.30. The van der Waals surface area contributed by atoms with Crippen LogP contribution in [0.15, 0.2) is 47.6 Å². The van der Waals surface area contributed by atoms with Crippen molar-refractivity contribution < 1.29 is 9.90 Å². The fraction of sp³-hybridized carbons (Fsp3) is 0.389. The second-order valence-electron chi connectivity index (χ2n) is 5.07. The van der Waals surface area contributed by atoms with Crippen molar-refractivity contribution in [3.05, 3.63) is 53.1 Å². The zero-order chi connectivity index (χ0) is 14.8. The first-order chi connectivity index (χ1) is 9.63. The van der Waals surface area contributed by atoms with Crippen molar-refractivity contribution in [2.24, 2.45) is 0 Å². The highest BCUT2D eigenvalue weighted by molar-refractivity contribution is 5.86. The van der Waals surface area contributed by atoms with Crippen molar-refractivity contribution >= 4 is 12.0 Å². The average molecular weight is 272 g/mol. The third kappa shape index (κ3) is 6.37. The van der Waals surface area contributed by atoms with Crippen molar-refractivity contribution in [1.29, 1.82) is 0 Å². The van der Waals surface area contributed by atoms with E-state index in [0.29, 0.717) is 5.57 Å². The van der Waals surface area contributed by atoms with Crippen LogP contribution in [-0.2, 0) is 4.79 Å². The van der Waals surface area contributed by atoms with Gasteiger partial charge in [-0.3, -0.25) is 0 Å². The number of carboxylic acid groups (broad SMARTS) is 1. The molecule has 2 heteroatoms. The van der Waals surface area contributed by atoms with Crippen molar-refractivity contribution in [2.45, 2.75) is 46.0 Å². The molecular weight excluding hydrogens is 248 g/mol. The van der Waals surface area contributed by atoms with Crippen LogP contribution in [0.1, 0.15) is 51.5 Å². The highest BCUT2D eigenvalue weighted by Gasteiger charge is 2.02. The van der Waals surface area contributed by atoms with Gasteiger partial charge in [-0.25, -0.2) is 4.79 Å². The Morgan fingerprint density at radius 1 is 1.15 bits per heavy atom. The van der Waals surface area contributed by atoms with Crippen molar-refractivity contribution in [2.75, 3.05) is 0 Å². The van der Waals surface area contributed by atoms with E-state index in [1.165, 1.54) is 19.3 Å². The Morgan fingerprint density at radius 2 is 1.85 bits per heavy atom. The van der Waals surface area contributed by atoms with Crippen molar-refractivity contribution in [3.63, 3.8) is 0 Å². The van der Waals surface area contributed by atoms with Gasteiger partial charge in [0.25, 0.3) is 0 Å². The van der Waals surface area contributed by atoms with Gasteiger partial charge in [0.15, 0.2) is 0 Å². The van der Waals surface area contributed by atoms with Crippen molar-refractivity contribution in [1.82, 2.24) is 0 Å². The summed E-state index contributed by atoms with van der Waals surface area (Å²) in [5.41, 5.74) is 2.60. The van der Waals surface area contributed by atoms with Crippen LogP contribution >= 0.6 is 0 Å². The summed E-state index contributed by atoms with van der Waals surface area (Å²) >= 11 is 0. The molecular formula is C18H24O2. The molecule has 0 saturated carbocycles. The number of aliphatic carboxylic acids is 1. The zero-order valence-electron chi connectivity index (χ0n) is 12.4. The molecule has 0 heterocycles. The predicted octanol–water partition coefficient (Wildman–Crippen LogP) is 5.07. The Labute approximate surface area is 121 Å². The van der Waals surface area contributed by atoms with Crippen LogP contribution in [0, 0.1) is 0 Å². The monoisotopic (exact) mass is 272 g/mol. The van der Waals surface area contributed by atoms with Gasteiger partial charge in [0.1, 0.15) is 0 Å². The number of allylic oxidation sites excluding steroid dienone is 2. The Bertz CT molecular complexity index is 469. The van der Waals surface area contributed by atoms with Crippen LogP contribution < -0.4 is 0 Å². The quantitative estimate of drug-likeness (QED) is 0.407. The molecule has 108 valence electrons. The van der Waals surface area contributed by atoms with E-state index in [9.17, 15) is 4.79 Å². The fourth-order valence-electron chi connectivity index (χ4n) is 2.05. The molecule has 0 saturated heterocycles. The van der Waals surface area contributed by atoms with Gasteiger partial charge in [0.05, 0.1) is 0 Å². The molecule has 1 rings (SSSR count). The molecule has 0 amide bonds. The van der Waals surface area contributed by atoms with Gasteiger partial charge in [0.2, 0.25) is 0 Å². The number of carbonyl (C=O) groups is 1. The average Bonchev–Trinajstić information content (AvgIpc) is 2.44. The number of benzene rings is 1. The normalized spacial score (nSPS) is 12.5. The summed E-state index contributed by atoms with van der Waals surface area (Å²) in [6, 6.07) is 10.0. The standard InChI is InChI=1S/C18H24O2/c1-3-4-5-7-12-17(13-15(2)18(19)20)14-16-10-8-6-9-11-16/h6,8-11,13-14H,3-5,7,12H2,1-2H3,(H,19,20)/b15-13+,17-14?. The largest absolute Gasteiger partial charge is 0.478 e.